The summed E-state index contributed by atoms with van der Waals surface area (Å²) in [7, 11) is 0. The molecule has 21 heavy (non-hydrogen) atoms. The lowest BCUT2D eigenvalue weighted by Crippen LogP contribution is -2.39. The van der Waals surface area contributed by atoms with Crippen LogP contribution in [0.1, 0.15) is 26.3 Å². The smallest absolute Gasteiger partial charge is 0.275 e. The Morgan fingerprint density at radius 1 is 1.43 bits per heavy atom. The fraction of sp³-hybridized carbons (Fsp3) is 0.286. The van der Waals surface area contributed by atoms with Gasteiger partial charge in [-0.2, -0.15) is 5.10 Å². The van der Waals surface area contributed by atoms with Gasteiger partial charge in [0.05, 0.1) is 11.6 Å². The number of nitrogens with zero attached hydrogens (tertiary/aromatic N) is 2. The highest BCUT2D eigenvalue weighted by atomic mass is 19.1. The molecule has 1 atom stereocenters. The normalized spacial score (nSPS) is 12.1. The van der Waals surface area contributed by atoms with E-state index >= 15 is 0 Å². The second-order valence-electron chi connectivity index (χ2n) is 4.57. The number of aromatic nitrogens is 2. The first-order valence-electron chi connectivity index (χ1n) is 6.44. The summed E-state index contributed by atoms with van der Waals surface area (Å²) in [6, 6.07) is 2.76. The number of imide groups is 1. The number of nitrogens with one attached hydrogen (secondary N) is 1. The zero-order chi connectivity index (χ0) is 15.6. The van der Waals surface area contributed by atoms with Gasteiger partial charge in [-0.25, -0.2) is 9.07 Å². The van der Waals surface area contributed by atoms with Crippen LogP contribution in [0.5, 0.6) is 0 Å². The SMILES string of the molecule is CCC(=O)NC(=O)C(C)n1ncc2cc(F)ccc2c1=O. The van der Waals surface area contributed by atoms with Crippen molar-refractivity contribution in [2.45, 2.75) is 26.3 Å². The van der Waals surface area contributed by atoms with Crippen LogP contribution in [-0.2, 0) is 9.59 Å². The third-order valence-corrected chi connectivity index (χ3v) is 3.10. The molecule has 110 valence electrons. The van der Waals surface area contributed by atoms with Crippen molar-refractivity contribution < 1.29 is 14.0 Å². The number of benzene rings is 1. The quantitative estimate of drug-likeness (QED) is 0.919. The van der Waals surface area contributed by atoms with Crippen molar-refractivity contribution in [3.05, 3.63) is 40.6 Å². The Morgan fingerprint density at radius 2 is 2.14 bits per heavy atom. The topological polar surface area (TPSA) is 81.1 Å². The summed E-state index contributed by atoms with van der Waals surface area (Å²) in [4.78, 5) is 35.3. The van der Waals surface area contributed by atoms with E-state index in [-0.39, 0.29) is 11.8 Å². The van der Waals surface area contributed by atoms with Crippen molar-refractivity contribution in [1.29, 1.82) is 0 Å². The van der Waals surface area contributed by atoms with Crippen LogP contribution in [0.15, 0.2) is 29.2 Å². The van der Waals surface area contributed by atoms with E-state index in [1.165, 1.54) is 31.3 Å². The number of amides is 2. The van der Waals surface area contributed by atoms with Crippen molar-refractivity contribution in [2.75, 3.05) is 0 Å². The molecular weight excluding hydrogens is 277 g/mol. The fourth-order valence-electron chi connectivity index (χ4n) is 1.85. The van der Waals surface area contributed by atoms with Gasteiger partial charge in [-0.15, -0.1) is 0 Å². The van der Waals surface area contributed by atoms with Gasteiger partial charge in [0.1, 0.15) is 11.9 Å². The van der Waals surface area contributed by atoms with Crippen LogP contribution in [-0.4, -0.2) is 21.6 Å². The van der Waals surface area contributed by atoms with E-state index in [2.05, 4.69) is 10.4 Å². The lowest BCUT2D eigenvalue weighted by atomic mass is 10.2. The summed E-state index contributed by atoms with van der Waals surface area (Å²) in [5.74, 6) is -1.51. The molecule has 1 unspecified atom stereocenters. The van der Waals surface area contributed by atoms with Crippen molar-refractivity contribution in [1.82, 2.24) is 15.1 Å². The molecule has 0 aliphatic heterocycles. The summed E-state index contributed by atoms with van der Waals surface area (Å²) >= 11 is 0. The molecule has 2 rings (SSSR count). The van der Waals surface area contributed by atoms with Gasteiger partial charge in [-0.1, -0.05) is 6.92 Å². The maximum Gasteiger partial charge on any atom is 0.275 e. The van der Waals surface area contributed by atoms with Crippen molar-refractivity contribution in [3.8, 4) is 0 Å². The number of halogens is 1. The lowest BCUT2D eigenvalue weighted by Gasteiger charge is -2.13. The van der Waals surface area contributed by atoms with E-state index in [4.69, 9.17) is 0 Å². The van der Waals surface area contributed by atoms with E-state index < -0.39 is 29.2 Å². The first-order valence-corrected chi connectivity index (χ1v) is 6.44. The van der Waals surface area contributed by atoms with Crippen molar-refractivity contribution >= 4 is 22.6 Å². The molecule has 2 amide bonds. The summed E-state index contributed by atoms with van der Waals surface area (Å²) < 4.78 is 14.1. The zero-order valence-electron chi connectivity index (χ0n) is 11.6. The van der Waals surface area contributed by atoms with Gasteiger partial charge < -0.3 is 0 Å². The highest BCUT2D eigenvalue weighted by Gasteiger charge is 2.19. The molecule has 1 N–H and O–H groups in total. The number of fused-ring (bicyclic) bond motifs is 1. The van der Waals surface area contributed by atoms with Crippen LogP contribution in [0.2, 0.25) is 0 Å². The molecule has 0 bridgehead atoms. The highest BCUT2D eigenvalue weighted by Crippen LogP contribution is 2.11. The molecule has 0 radical (unpaired) electrons. The molecule has 0 aliphatic rings. The van der Waals surface area contributed by atoms with Crippen LogP contribution < -0.4 is 10.9 Å². The number of hydrogen-bond donors (Lipinski definition) is 1. The average molecular weight is 291 g/mol. The Bertz CT molecular complexity index is 770. The van der Waals surface area contributed by atoms with Crippen LogP contribution in [0.25, 0.3) is 10.8 Å². The number of hydrogen-bond acceptors (Lipinski definition) is 4. The van der Waals surface area contributed by atoms with Crippen molar-refractivity contribution in [3.63, 3.8) is 0 Å². The molecule has 6 nitrogen and oxygen atoms in total. The van der Waals surface area contributed by atoms with Crippen molar-refractivity contribution in [2.24, 2.45) is 0 Å². The minimum atomic E-state index is -0.942. The summed E-state index contributed by atoms with van der Waals surface area (Å²) in [6.45, 7) is 3.07. The molecule has 0 saturated carbocycles. The third-order valence-electron chi connectivity index (χ3n) is 3.10. The van der Waals surface area contributed by atoms with E-state index in [0.29, 0.717) is 5.39 Å². The monoisotopic (exact) mass is 291 g/mol. The Labute approximate surface area is 119 Å². The molecular formula is C14H14FN3O3. The van der Waals surface area contributed by atoms with Gasteiger partial charge in [0, 0.05) is 11.8 Å². The third kappa shape index (κ3) is 2.96. The maximum atomic E-state index is 13.1. The van der Waals surface area contributed by atoms with Gasteiger partial charge in [-0.3, -0.25) is 19.7 Å². The first kappa shape index (κ1) is 14.8. The van der Waals surface area contributed by atoms with Gasteiger partial charge in [0.15, 0.2) is 0 Å². The Hall–Kier alpha value is -2.57. The molecule has 0 saturated heterocycles. The molecule has 0 fully saturated rings. The highest BCUT2D eigenvalue weighted by molar-refractivity contribution is 5.96. The molecule has 0 spiro atoms. The number of carbonyl (C=O) groups excluding carboxylic acids is 2. The minimum absolute atomic E-state index is 0.164. The van der Waals surface area contributed by atoms with Crippen LogP contribution in [0, 0.1) is 5.82 Å². The zero-order valence-corrected chi connectivity index (χ0v) is 11.6. The predicted octanol–water partition coefficient (Wildman–Crippen LogP) is 1.15. The summed E-state index contributed by atoms with van der Waals surface area (Å²) in [5.41, 5.74) is -0.515. The summed E-state index contributed by atoms with van der Waals surface area (Å²) in [6.07, 6.45) is 1.48. The minimum Gasteiger partial charge on any atom is -0.295 e. The average Bonchev–Trinajstić information content (AvgIpc) is 2.46. The van der Waals surface area contributed by atoms with Gasteiger partial charge in [0.2, 0.25) is 5.91 Å². The summed E-state index contributed by atoms with van der Waals surface area (Å²) in [5, 5.41) is 6.65. The Morgan fingerprint density at radius 3 is 2.81 bits per heavy atom. The van der Waals surface area contributed by atoms with Gasteiger partial charge in [0.25, 0.3) is 11.5 Å². The molecule has 1 aromatic carbocycles. The molecule has 7 heteroatoms. The number of carbonyl (C=O) groups is 2. The van der Waals surface area contributed by atoms with E-state index in [9.17, 15) is 18.8 Å². The molecule has 1 heterocycles. The largest absolute Gasteiger partial charge is 0.295 e. The Balaban J connectivity index is 2.40. The predicted molar refractivity (Wildman–Crippen MR) is 74.1 cm³/mol. The number of rotatable bonds is 3. The van der Waals surface area contributed by atoms with E-state index in [1.54, 1.807) is 6.92 Å². The molecule has 1 aromatic heterocycles. The Kier molecular flexibility index (Phi) is 4.11. The second kappa shape index (κ2) is 5.82. The van der Waals surface area contributed by atoms with Gasteiger partial charge >= 0.3 is 0 Å². The first-order chi connectivity index (χ1) is 9.93. The van der Waals surface area contributed by atoms with Crippen LogP contribution in [0.3, 0.4) is 0 Å². The molecule has 2 aromatic rings. The molecule has 0 aliphatic carbocycles. The second-order valence-corrected chi connectivity index (χ2v) is 4.57. The standard InChI is InChI=1S/C14H14FN3O3/c1-3-12(19)17-13(20)8(2)18-14(21)11-5-4-10(15)6-9(11)7-16-18/h4-8H,3H2,1-2H3,(H,17,19,20). The van der Waals surface area contributed by atoms with E-state index in [1.807, 2.05) is 0 Å². The maximum absolute atomic E-state index is 13.1. The van der Waals surface area contributed by atoms with Gasteiger partial charge in [-0.05, 0) is 25.1 Å². The van der Waals surface area contributed by atoms with E-state index in [0.717, 1.165) is 4.68 Å². The van der Waals surface area contributed by atoms with Crippen LogP contribution in [0.4, 0.5) is 4.39 Å². The fourth-order valence-corrected chi connectivity index (χ4v) is 1.85. The van der Waals surface area contributed by atoms with Crippen LogP contribution >= 0.6 is 0 Å². The lowest BCUT2D eigenvalue weighted by molar-refractivity contribution is -0.132.